The zero-order valence-electron chi connectivity index (χ0n) is 31.0. The Balaban J connectivity index is 1.36. The smallest absolute Gasteiger partial charge is 0.306 e. The first kappa shape index (κ1) is 36.9. The minimum Gasteiger partial charge on any atom is -0.469 e. The molecule has 0 saturated heterocycles. The molecule has 5 fully saturated rings. The Hall–Kier alpha value is -2.38. The van der Waals surface area contributed by atoms with Gasteiger partial charge in [0.15, 0.2) is 0 Å². The van der Waals surface area contributed by atoms with Gasteiger partial charge in [0.2, 0.25) is 0 Å². The van der Waals surface area contributed by atoms with Gasteiger partial charge in [-0.2, -0.15) is 0 Å². The van der Waals surface area contributed by atoms with Crippen LogP contribution in [-0.2, 0) is 38.1 Å². The lowest BCUT2D eigenvalue weighted by atomic mass is 9.32. The van der Waals surface area contributed by atoms with Crippen LogP contribution >= 0.6 is 0 Å². The summed E-state index contributed by atoms with van der Waals surface area (Å²) in [6.45, 7) is 19.5. The zero-order chi connectivity index (χ0) is 35.3. The third-order valence-electron chi connectivity index (χ3n) is 15.5. The number of fused-ring (bicyclic) bond motifs is 7. The van der Waals surface area contributed by atoms with E-state index in [1.807, 2.05) is 0 Å². The molecule has 8 heteroatoms. The van der Waals surface area contributed by atoms with Crippen molar-refractivity contribution in [2.75, 3.05) is 20.8 Å². The first-order chi connectivity index (χ1) is 22.5. The topological polar surface area (TPSA) is 105 Å². The molecule has 0 unspecified atom stereocenters. The lowest BCUT2D eigenvalue weighted by Crippen LogP contribution is -2.67. The van der Waals surface area contributed by atoms with E-state index in [4.69, 9.17) is 18.9 Å². The van der Waals surface area contributed by atoms with Gasteiger partial charge in [0.1, 0.15) is 6.10 Å². The quantitative estimate of drug-likeness (QED) is 0.131. The van der Waals surface area contributed by atoms with Crippen LogP contribution in [0.1, 0.15) is 131 Å². The molecule has 0 aliphatic heterocycles. The van der Waals surface area contributed by atoms with Crippen LogP contribution in [0.5, 0.6) is 0 Å². The van der Waals surface area contributed by atoms with Crippen molar-refractivity contribution in [1.82, 2.24) is 0 Å². The third kappa shape index (κ3) is 6.03. The van der Waals surface area contributed by atoms with Crippen LogP contribution in [0.4, 0.5) is 0 Å². The molecule has 270 valence electrons. The Labute approximate surface area is 288 Å². The standard InChI is InChI=1S/C40H62O8/c1-25(2)26-16-21-40(24-47-33(43)14-12-31(41)45-8)23-22-38(6)27(35(26)40)10-11-29-37(5)19-18-30(48-34(44)15-13-32(42)46-9)36(3,4)28(37)17-20-39(29,38)7/h26-30,35H,1,10-24H2,2-9H3/t26-,27+,28+,29+,30-,35-,37-,38+,39+,40+/m0/s1. The maximum atomic E-state index is 12.8. The Morgan fingerprint density at radius 2 is 1.29 bits per heavy atom. The van der Waals surface area contributed by atoms with Crippen LogP contribution in [0, 0.1) is 56.7 Å². The number of hydrogen-bond acceptors (Lipinski definition) is 8. The number of carbonyl (C=O) groups excluding carboxylic acids is 4. The lowest BCUT2D eigenvalue weighted by Gasteiger charge is -2.73. The number of hydrogen-bond donors (Lipinski definition) is 0. The molecule has 5 aliphatic rings. The molecule has 0 aromatic carbocycles. The van der Waals surface area contributed by atoms with E-state index in [9.17, 15) is 19.2 Å². The molecular formula is C40H62O8. The van der Waals surface area contributed by atoms with Gasteiger partial charge in [-0.1, -0.05) is 46.8 Å². The average molecular weight is 671 g/mol. The van der Waals surface area contributed by atoms with Gasteiger partial charge < -0.3 is 18.9 Å². The van der Waals surface area contributed by atoms with E-state index in [0.29, 0.717) is 36.2 Å². The summed E-state index contributed by atoms with van der Waals surface area (Å²) in [5, 5.41) is 0. The molecule has 0 aromatic rings. The Morgan fingerprint density at radius 3 is 1.92 bits per heavy atom. The van der Waals surface area contributed by atoms with Crippen molar-refractivity contribution >= 4 is 23.9 Å². The number of ether oxygens (including phenoxy) is 4. The van der Waals surface area contributed by atoms with Crippen molar-refractivity contribution in [2.45, 2.75) is 138 Å². The number of allylic oxidation sites excluding steroid dienone is 1. The van der Waals surface area contributed by atoms with E-state index >= 15 is 0 Å². The summed E-state index contributed by atoms with van der Waals surface area (Å²) >= 11 is 0. The summed E-state index contributed by atoms with van der Waals surface area (Å²) in [5.74, 6) is 1.02. The Kier molecular flexibility index (Phi) is 10.3. The fourth-order valence-corrected chi connectivity index (χ4v) is 12.8. The Bertz CT molecular complexity index is 1290. The van der Waals surface area contributed by atoms with Crippen LogP contribution in [0.25, 0.3) is 0 Å². The van der Waals surface area contributed by atoms with E-state index in [1.165, 1.54) is 32.6 Å². The number of rotatable bonds is 10. The second-order valence-electron chi connectivity index (χ2n) is 17.7. The molecule has 0 aromatic heterocycles. The highest BCUT2D eigenvalue weighted by molar-refractivity contribution is 5.78. The highest BCUT2D eigenvalue weighted by Crippen LogP contribution is 2.77. The molecule has 5 saturated carbocycles. The normalized spacial score (nSPS) is 41.0. The van der Waals surface area contributed by atoms with E-state index in [2.05, 4.69) is 48.1 Å². The number of carbonyl (C=O) groups is 4. The van der Waals surface area contributed by atoms with E-state index in [0.717, 1.165) is 51.4 Å². The molecule has 0 bridgehead atoms. The van der Waals surface area contributed by atoms with Crippen LogP contribution in [0.15, 0.2) is 12.2 Å². The highest BCUT2D eigenvalue weighted by atomic mass is 16.5. The molecule has 5 aliphatic carbocycles. The van der Waals surface area contributed by atoms with Gasteiger partial charge in [-0.3, -0.25) is 19.2 Å². The lowest BCUT2D eigenvalue weighted by molar-refractivity contribution is -0.252. The molecule has 0 N–H and O–H groups in total. The predicted octanol–water partition coefficient (Wildman–Crippen LogP) is 8.01. The Morgan fingerprint density at radius 1 is 0.667 bits per heavy atom. The number of methoxy groups -OCH3 is 2. The van der Waals surface area contributed by atoms with E-state index < -0.39 is 0 Å². The molecular weight excluding hydrogens is 608 g/mol. The highest BCUT2D eigenvalue weighted by Gasteiger charge is 2.71. The van der Waals surface area contributed by atoms with Crippen molar-refractivity contribution in [3.8, 4) is 0 Å². The fourth-order valence-electron chi connectivity index (χ4n) is 12.8. The summed E-state index contributed by atoms with van der Waals surface area (Å²) in [4.78, 5) is 48.9. The van der Waals surface area contributed by atoms with E-state index in [-0.39, 0.29) is 82.7 Å². The van der Waals surface area contributed by atoms with Gasteiger partial charge in [0.05, 0.1) is 46.5 Å². The van der Waals surface area contributed by atoms with Crippen molar-refractivity contribution in [1.29, 1.82) is 0 Å². The SMILES string of the molecule is C=C(C)[C@@H]1CC[C@]2(COC(=O)CCC(=O)OC)CC[C@]3(C)[C@H](CC[C@@H]4[C@@]5(C)CC[C@H](OC(=O)CCC(=O)OC)C(C)(C)[C@H]5CC[C@]43C)[C@H]12. The minimum absolute atomic E-state index is 0.0448. The summed E-state index contributed by atoms with van der Waals surface area (Å²) in [6, 6.07) is 0. The van der Waals surface area contributed by atoms with Gasteiger partial charge in [0.25, 0.3) is 0 Å². The third-order valence-corrected chi connectivity index (χ3v) is 15.5. The van der Waals surface area contributed by atoms with Crippen LogP contribution < -0.4 is 0 Å². The van der Waals surface area contributed by atoms with Crippen LogP contribution in [0.3, 0.4) is 0 Å². The zero-order valence-corrected chi connectivity index (χ0v) is 31.0. The minimum atomic E-state index is -0.387. The second-order valence-corrected chi connectivity index (χ2v) is 17.7. The molecule has 0 heterocycles. The molecule has 5 rings (SSSR count). The van der Waals surface area contributed by atoms with Crippen molar-refractivity contribution in [3.63, 3.8) is 0 Å². The maximum Gasteiger partial charge on any atom is 0.306 e. The second kappa shape index (κ2) is 13.4. The molecule has 0 spiro atoms. The molecule has 48 heavy (non-hydrogen) atoms. The van der Waals surface area contributed by atoms with E-state index in [1.54, 1.807) is 0 Å². The molecule has 0 amide bonds. The van der Waals surface area contributed by atoms with Gasteiger partial charge in [-0.25, -0.2) is 0 Å². The first-order valence-electron chi connectivity index (χ1n) is 18.6. The van der Waals surface area contributed by atoms with Crippen LogP contribution in [0.2, 0.25) is 0 Å². The molecule has 0 radical (unpaired) electrons. The van der Waals surface area contributed by atoms with Crippen LogP contribution in [-0.4, -0.2) is 50.8 Å². The largest absolute Gasteiger partial charge is 0.469 e. The summed E-state index contributed by atoms with van der Waals surface area (Å²) in [7, 11) is 2.68. The number of esters is 4. The van der Waals surface area contributed by atoms with Gasteiger partial charge in [-0.15, -0.1) is 0 Å². The predicted molar refractivity (Wildman–Crippen MR) is 182 cm³/mol. The van der Waals surface area contributed by atoms with Gasteiger partial charge >= 0.3 is 23.9 Å². The first-order valence-corrected chi connectivity index (χ1v) is 18.6. The average Bonchev–Trinajstić information content (AvgIpc) is 3.43. The monoisotopic (exact) mass is 670 g/mol. The van der Waals surface area contributed by atoms with Gasteiger partial charge in [0, 0.05) is 10.8 Å². The van der Waals surface area contributed by atoms with Crippen molar-refractivity contribution < 1.29 is 38.1 Å². The van der Waals surface area contributed by atoms with Crippen molar-refractivity contribution in [2.24, 2.45) is 56.7 Å². The summed E-state index contributed by atoms with van der Waals surface area (Å²) in [5.41, 5.74) is 1.53. The fraction of sp³-hybridized carbons (Fsp3) is 0.850. The molecule has 8 nitrogen and oxygen atoms in total. The van der Waals surface area contributed by atoms with Crippen molar-refractivity contribution in [3.05, 3.63) is 12.2 Å². The van der Waals surface area contributed by atoms with Gasteiger partial charge in [-0.05, 0) is 117 Å². The summed E-state index contributed by atoms with van der Waals surface area (Å²) in [6.07, 6.45) is 10.9. The molecule has 10 atom stereocenters. The summed E-state index contributed by atoms with van der Waals surface area (Å²) < 4.78 is 21.6. The maximum absolute atomic E-state index is 12.8.